The van der Waals surface area contributed by atoms with Gasteiger partial charge in [0.05, 0.1) is 5.92 Å². The summed E-state index contributed by atoms with van der Waals surface area (Å²) in [6.07, 6.45) is 0.166. The number of ether oxygens (including phenoxy) is 1. The highest BCUT2D eigenvalue weighted by molar-refractivity contribution is 6.30. The third-order valence-electron chi connectivity index (χ3n) is 4.93. The molecule has 3 aromatic rings. The van der Waals surface area contributed by atoms with Crippen molar-refractivity contribution in [2.75, 3.05) is 16.8 Å². The van der Waals surface area contributed by atoms with Gasteiger partial charge in [-0.05, 0) is 68.4 Å². The number of nitrogens with one attached hydrogen (secondary N) is 1. The number of benzene rings is 2. The van der Waals surface area contributed by atoms with Crippen LogP contribution in [0, 0.1) is 19.8 Å². The second-order valence-corrected chi connectivity index (χ2v) is 7.87. The molecule has 2 amide bonds. The molecule has 4 rings (SSSR count). The van der Waals surface area contributed by atoms with Crippen molar-refractivity contribution < 1.29 is 14.3 Å². The van der Waals surface area contributed by atoms with E-state index < -0.39 is 5.92 Å². The maximum absolute atomic E-state index is 12.7. The minimum absolute atomic E-state index is 0.0836. The van der Waals surface area contributed by atoms with Gasteiger partial charge < -0.3 is 15.0 Å². The summed E-state index contributed by atoms with van der Waals surface area (Å²) in [5.74, 6) is -0.147. The lowest BCUT2D eigenvalue weighted by atomic mass is 10.1. The van der Waals surface area contributed by atoms with Crippen LogP contribution in [0.15, 0.2) is 54.6 Å². The molecule has 1 N–H and O–H groups in total. The summed E-state index contributed by atoms with van der Waals surface area (Å²) in [7, 11) is 0. The van der Waals surface area contributed by atoms with Gasteiger partial charge in [-0.1, -0.05) is 11.6 Å². The molecule has 1 aromatic heterocycles. The molecular formula is C23H21ClN4O3. The van der Waals surface area contributed by atoms with E-state index in [4.69, 9.17) is 16.3 Å². The lowest BCUT2D eigenvalue weighted by molar-refractivity contribution is -0.122. The van der Waals surface area contributed by atoms with Crippen LogP contribution in [0.3, 0.4) is 0 Å². The van der Waals surface area contributed by atoms with Crippen LogP contribution < -0.4 is 15.0 Å². The number of nitrogens with zero attached hydrogens (tertiary/aromatic N) is 3. The Bertz CT molecular complexity index is 1100. The first-order valence-electron chi connectivity index (χ1n) is 9.84. The molecule has 8 heteroatoms. The Morgan fingerprint density at radius 2 is 1.71 bits per heavy atom. The van der Waals surface area contributed by atoms with Crippen LogP contribution >= 0.6 is 11.6 Å². The van der Waals surface area contributed by atoms with E-state index in [1.165, 1.54) is 0 Å². The zero-order valence-corrected chi connectivity index (χ0v) is 17.9. The van der Waals surface area contributed by atoms with E-state index in [1.807, 2.05) is 19.9 Å². The molecule has 2 aromatic carbocycles. The van der Waals surface area contributed by atoms with Gasteiger partial charge in [0.2, 0.25) is 11.8 Å². The predicted molar refractivity (Wildman–Crippen MR) is 119 cm³/mol. The summed E-state index contributed by atoms with van der Waals surface area (Å²) in [6.45, 7) is 4.08. The van der Waals surface area contributed by atoms with Crippen molar-refractivity contribution in [2.45, 2.75) is 20.3 Å². The molecule has 1 unspecified atom stereocenters. The first kappa shape index (κ1) is 20.8. The first-order chi connectivity index (χ1) is 14.9. The lowest BCUT2D eigenvalue weighted by Gasteiger charge is -2.16. The smallest absolute Gasteiger partial charge is 0.322 e. The standard InChI is InChI=1S/C23H21ClN4O3/c1-14-11-15(2)26-23(25-14)31-20-9-5-18(6-10-20)27-22(30)16-12-21(29)28(13-16)19-7-3-17(24)4-8-19/h3-11,16H,12-13H2,1-2H3,(H,27,30). The minimum atomic E-state index is -0.428. The van der Waals surface area contributed by atoms with E-state index in [9.17, 15) is 9.59 Å². The molecule has 1 fully saturated rings. The second-order valence-electron chi connectivity index (χ2n) is 7.43. The highest BCUT2D eigenvalue weighted by atomic mass is 35.5. The van der Waals surface area contributed by atoms with Gasteiger partial charge in [0.15, 0.2) is 0 Å². The molecule has 0 bridgehead atoms. The molecule has 31 heavy (non-hydrogen) atoms. The Morgan fingerprint density at radius 3 is 2.35 bits per heavy atom. The molecule has 7 nitrogen and oxygen atoms in total. The van der Waals surface area contributed by atoms with Gasteiger partial charge in [0.25, 0.3) is 0 Å². The molecule has 0 radical (unpaired) electrons. The summed E-state index contributed by atoms with van der Waals surface area (Å²) < 4.78 is 5.69. The van der Waals surface area contributed by atoms with Crippen LogP contribution in [0.5, 0.6) is 11.8 Å². The Morgan fingerprint density at radius 1 is 1.06 bits per heavy atom. The Balaban J connectivity index is 1.37. The Hall–Kier alpha value is -3.45. The molecule has 0 aliphatic carbocycles. The van der Waals surface area contributed by atoms with E-state index in [1.54, 1.807) is 53.4 Å². The fourth-order valence-electron chi connectivity index (χ4n) is 3.45. The number of anilines is 2. The van der Waals surface area contributed by atoms with Gasteiger partial charge >= 0.3 is 6.01 Å². The summed E-state index contributed by atoms with van der Waals surface area (Å²) in [4.78, 5) is 35.2. The fraction of sp³-hybridized carbons (Fsp3) is 0.217. The summed E-state index contributed by atoms with van der Waals surface area (Å²) in [5, 5.41) is 3.47. The largest absolute Gasteiger partial charge is 0.424 e. The van der Waals surface area contributed by atoms with E-state index in [2.05, 4.69) is 15.3 Å². The second kappa shape index (κ2) is 8.73. The molecule has 1 aliphatic rings. The van der Waals surface area contributed by atoms with Crippen molar-refractivity contribution in [3.8, 4) is 11.8 Å². The number of hydrogen-bond acceptors (Lipinski definition) is 5. The van der Waals surface area contributed by atoms with Gasteiger partial charge in [-0.15, -0.1) is 0 Å². The number of aryl methyl sites for hydroxylation is 2. The van der Waals surface area contributed by atoms with Gasteiger partial charge in [0.1, 0.15) is 5.75 Å². The molecule has 0 saturated carbocycles. The quantitative estimate of drug-likeness (QED) is 0.635. The van der Waals surface area contributed by atoms with Crippen LogP contribution in [-0.2, 0) is 9.59 Å². The van der Waals surface area contributed by atoms with Gasteiger partial charge in [-0.2, -0.15) is 0 Å². The zero-order chi connectivity index (χ0) is 22.0. The third kappa shape index (κ3) is 5.00. The normalized spacial score (nSPS) is 15.8. The fourth-order valence-corrected chi connectivity index (χ4v) is 3.58. The van der Waals surface area contributed by atoms with Crippen LogP contribution in [0.1, 0.15) is 17.8 Å². The number of carbonyl (C=O) groups excluding carboxylic acids is 2. The molecular weight excluding hydrogens is 416 g/mol. The summed E-state index contributed by atoms with van der Waals surface area (Å²) in [6, 6.07) is 16.1. The van der Waals surface area contributed by atoms with Gasteiger partial charge in [-0.25, -0.2) is 9.97 Å². The number of rotatable bonds is 5. The number of aromatic nitrogens is 2. The zero-order valence-electron chi connectivity index (χ0n) is 17.1. The van der Waals surface area contributed by atoms with Crippen molar-refractivity contribution in [1.29, 1.82) is 0 Å². The van der Waals surface area contributed by atoms with E-state index in [-0.39, 0.29) is 24.2 Å². The minimum Gasteiger partial charge on any atom is -0.424 e. The topological polar surface area (TPSA) is 84.4 Å². The maximum Gasteiger partial charge on any atom is 0.322 e. The average Bonchev–Trinajstić information content (AvgIpc) is 3.11. The average molecular weight is 437 g/mol. The van der Waals surface area contributed by atoms with Gasteiger partial charge in [0, 0.05) is 40.8 Å². The molecule has 1 atom stereocenters. The highest BCUT2D eigenvalue weighted by Gasteiger charge is 2.35. The number of amides is 2. The van der Waals surface area contributed by atoms with Crippen LogP contribution in [0.2, 0.25) is 5.02 Å². The highest BCUT2D eigenvalue weighted by Crippen LogP contribution is 2.27. The molecule has 2 heterocycles. The lowest BCUT2D eigenvalue weighted by Crippen LogP contribution is -2.28. The third-order valence-corrected chi connectivity index (χ3v) is 5.18. The van der Waals surface area contributed by atoms with E-state index >= 15 is 0 Å². The molecule has 0 spiro atoms. The van der Waals surface area contributed by atoms with Crippen molar-refractivity contribution in [1.82, 2.24) is 9.97 Å². The number of hydrogen-bond donors (Lipinski definition) is 1. The number of halogens is 1. The van der Waals surface area contributed by atoms with Crippen molar-refractivity contribution >= 4 is 34.8 Å². The SMILES string of the molecule is Cc1cc(C)nc(Oc2ccc(NC(=O)C3CC(=O)N(c4ccc(Cl)cc4)C3)cc2)n1. The van der Waals surface area contributed by atoms with Crippen molar-refractivity contribution in [3.05, 3.63) is 71.0 Å². The summed E-state index contributed by atoms with van der Waals surface area (Å²) in [5.41, 5.74) is 3.01. The van der Waals surface area contributed by atoms with E-state index in [0.29, 0.717) is 23.0 Å². The van der Waals surface area contributed by atoms with Crippen LogP contribution in [0.4, 0.5) is 11.4 Å². The Labute approximate surface area is 185 Å². The number of carbonyl (C=O) groups is 2. The summed E-state index contributed by atoms with van der Waals surface area (Å²) >= 11 is 5.91. The first-order valence-corrected chi connectivity index (χ1v) is 10.2. The predicted octanol–water partition coefficient (Wildman–Crippen LogP) is 4.53. The monoisotopic (exact) mass is 436 g/mol. The molecule has 1 aliphatic heterocycles. The van der Waals surface area contributed by atoms with Gasteiger partial charge in [-0.3, -0.25) is 9.59 Å². The molecule has 1 saturated heterocycles. The molecule has 158 valence electrons. The van der Waals surface area contributed by atoms with Crippen LogP contribution in [0.25, 0.3) is 0 Å². The maximum atomic E-state index is 12.7. The van der Waals surface area contributed by atoms with E-state index in [0.717, 1.165) is 17.1 Å². The van der Waals surface area contributed by atoms with Crippen molar-refractivity contribution in [3.63, 3.8) is 0 Å². The van der Waals surface area contributed by atoms with Crippen LogP contribution in [-0.4, -0.2) is 28.3 Å². The van der Waals surface area contributed by atoms with Crippen molar-refractivity contribution in [2.24, 2.45) is 5.92 Å². The Kier molecular flexibility index (Phi) is 5.86.